The summed E-state index contributed by atoms with van der Waals surface area (Å²) in [4.78, 5) is 19.3. The zero-order valence-electron chi connectivity index (χ0n) is 13.0. The van der Waals surface area contributed by atoms with Crippen LogP contribution in [0, 0.1) is 16.0 Å². The monoisotopic (exact) mass is 322 g/mol. The van der Waals surface area contributed by atoms with Crippen LogP contribution >= 0.6 is 0 Å². The Morgan fingerprint density at radius 3 is 2.78 bits per heavy atom. The van der Waals surface area contributed by atoms with Gasteiger partial charge in [-0.3, -0.25) is 10.1 Å². The van der Waals surface area contributed by atoms with Crippen LogP contribution in [-0.2, 0) is 11.2 Å². The second-order valence-corrected chi connectivity index (χ2v) is 6.36. The average molecular weight is 322 g/mol. The number of aliphatic hydroxyl groups is 1. The van der Waals surface area contributed by atoms with Gasteiger partial charge >= 0.3 is 5.69 Å². The van der Waals surface area contributed by atoms with E-state index in [0.717, 1.165) is 32.1 Å². The van der Waals surface area contributed by atoms with Crippen molar-refractivity contribution in [3.8, 4) is 0 Å². The number of nitrogens with zero attached hydrogens (tertiary/aromatic N) is 3. The van der Waals surface area contributed by atoms with Gasteiger partial charge in [0.2, 0.25) is 5.82 Å². The number of anilines is 1. The van der Waals surface area contributed by atoms with E-state index in [4.69, 9.17) is 4.74 Å². The Kier molecular flexibility index (Phi) is 5.02. The molecular weight excluding hydrogens is 300 g/mol. The minimum absolute atomic E-state index is 0.0567. The van der Waals surface area contributed by atoms with Gasteiger partial charge in [-0.15, -0.1) is 0 Å². The van der Waals surface area contributed by atoms with Crippen molar-refractivity contribution in [3.05, 3.63) is 22.1 Å². The fourth-order valence-corrected chi connectivity index (χ4v) is 3.20. The molecule has 2 fully saturated rings. The van der Waals surface area contributed by atoms with Crippen molar-refractivity contribution in [2.45, 2.75) is 50.7 Å². The Hall–Kier alpha value is -1.80. The number of rotatable bonds is 5. The molecule has 1 aliphatic carbocycles. The van der Waals surface area contributed by atoms with Gasteiger partial charge in [0.15, 0.2) is 0 Å². The van der Waals surface area contributed by atoms with E-state index in [0.29, 0.717) is 31.4 Å². The molecule has 23 heavy (non-hydrogen) atoms. The van der Waals surface area contributed by atoms with Gasteiger partial charge in [-0.1, -0.05) is 0 Å². The minimum Gasteiger partial charge on any atom is -0.393 e. The molecule has 1 saturated carbocycles. The number of ether oxygens (including phenoxy) is 1. The molecule has 0 spiro atoms. The molecule has 0 aromatic carbocycles. The van der Waals surface area contributed by atoms with Gasteiger partial charge in [-0.05, 0) is 38.0 Å². The third kappa shape index (κ3) is 4.14. The number of nitro groups is 1. The maximum atomic E-state index is 11.2. The maximum Gasteiger partial charge on any atom is 0.329 e. The lowest BCUT2D eigenvalue weighted by Gasteiger charge is -2.24. The van der Waals surface area contributed by atoms with E-state index < -0.39 is 4.92 Å². The largest absolute Gasteiger partial charge is 0.393 e. The van der Waals surface area contributed by atoms with Crippen LogP contribution in [0.1, 0.15) is 37.9 Å². The summed E-state index contributed by atoms with van der Waals surface area (Å²) in [6.45, 7) is 1.20. The maximum absolute atomic E-state index is 11.2. The molecule has 8 nitrogen and oxygen atoms in total. The summed E-state index contributed by atoms with van der Waals surface area (Å²) in [5.74, 6) is 1.34. The Balaban J connectivity index is 1.71. The van der Waals surface area contributed by atoms with Crippen molar-refractivity contribution in [3.63, 3.8) is 0 Å². The van der Waals surface area contributed by atoms with E-state index in [2.05, 4.69) is 15.3 Å². The number of hydrogen-bond acceptors (Lipinski definition) is 7. The molecule has 1 aliphatic heterocycles. The lowest BCUT2D eigenvalue weighted by molar-refractivity contribution is -0.384. The first-order valence-corrected chi connectivity index (χ1v) is 8.14. The Labute approximate surface area is 134 Å². The van der Waals surface area contributed by atoms with E-state index in [1.807, 2.05) is 0 Å². The van der Waals surface area contributed by atoms with Gasteiger partial charge in [0.05, 0.1) is 23.7 Å². The van der Waals surface area contributed by atoms with Gasteiger partial charge in [0, 0.05) is 13.0 Å². The molecule has 2 N–H and O–H groups in total. The summed E-state index contributed by atoms with van der Waals surface area (Å²) in [5, 5.41) is 23.8. The summed E-state index contributed by atoms with van der Waals surface area (Å²) >= 11 is 0. The molecule has 2 aliphatic rings. The van der Waals surface area contributed by atoms with Crippen LogP contribution in [0.3, 0.4) is 0 Å². The molecule has 3 rings (SSSR count). The number of aromatic nitrogens is 2. The summed E-state index contributed by atoms with van der Waals surface area (Å²) in [5.41, 5.74) is -0.0975. The van der Waals surface area contributed by atoms with E-state index in [1.54, 1.807) is 0 Å². The Morgan fingerprint density at radius 2 is 2.13 bits per heavy atom. The molecule has 126 valence electrons. The van der Waals surface area contributed by atoms with Crippen LogP contribution < -0.4 is 5.32 Å². The molecule has 2 heterocycles. The van der Waals surface area contributed by atoms with Gasteiger partial charge < -0.3 is 15.2 Å². The fourth-order valence-electron chi connectivity index (χ4n) is 3.20. The first-order valence-electron chi connectivity index (χ1n) is 8.14. The smallest absolute Gasteiger partial charge is 0.329 e. The molecule has 0 unspecified atom stereocenters. The Bertz CT molecular complexity index is 554. The van der Waals surface area contributed by atoms with Crippen LogP contribution in [0.25, 0.3) is 0 Å². The molecule has 1 atom stereocenters. The molecule has 1 aromatic rings. The van der Waals surface area contributed by atoms with E-state index >= 15 is 0 Å². The second-order valence-electron chi connectivity index (χ2n) is 6.36. The lowest BCUT2D eigenvalue weighted by atomic mass is 9.85. The number of nitrogens with one attached hydrogen (secondary N) is 1. The normalized spacial score (nSPS) is 27.8. The minimum atomic E-state index is -0.459. The van der Waals surface area contributed by atoms with Crippen LogP contribution in [0.2, 0.25) is 0 Å². The lowest BCUT2D eigenvalue weighted by Crippen LogP contribution is -2.22. The summed E-state index contributed by atoms with van der Waals surface area (Å²) < 4.78 is 5.29. The third-order valence-electron chi connectivity index (χ3n) is 4.57. The first-order chi connectivity index (χ1) is 11.1. The predicted molar refractivity (Wildman–Crippen MR) is 83.2 cm³/mol. The molecule has 1 aromatic heterocycles. The van der Waals surface area contributed by atoms with Gasteiger partial charge in [-0.2, -0.15) is 0 Å². The van der Waals surface area contributed by atoms with Crippen molar-refractivity contribution in [2.24, 2.45) is 5.92 Å². The van der Waals surface area contributed by atoms with Crippen molar-refractivity contribution < 1.29 is 14.8 Å². The molecule has 1 saturated heterocycles. The molecular formula is C15H22N4O4. The van der Waals surface area contributed by atoms with Gasteiger partial charge in [0.1, 0.15) is 12.0 Å². The highest BCUT2D eigenvalue weighted by atomic mass is 16.6. The summed E-state index contributed by atoms with van der Waals surface area (Å²) in [7, 11) is 0. The molecule has 0 radical (unpaired) electrons. The standard InChI is InChI=1S/C15H22N4O4/c20-12-3-1-10(2-4-12)7-14-16-8-13(19(21)22)15(18-14)17-11-5-6-23-9-11/h8,10-12,20H,1-7,9H2,(H,16,17,18)/t10?,11-,12?/m0/s1. The highest BCUT2D eigenvalue weighted by Gasteiger charge is 2.25. The topological polar surface area (TPSA) is 110 Å². The number of aliphatic hydroxyl groups excluding tert-OH is 1. The van der Waals surface area contributed by atoms with E-state index in [9.17, 15) is 15.2 Å². The highest BCUT2D eigenvalue weighted by Crippen LogP contribution is 2.28. The highest BCUT2D eigenvalue weighted by molar-refractivity contribution is 5.55. The van der Waals surface area contributed by atoms with Crippen molar-refractivity contribution in [1.29, 1.82) is 0 Å². The van der Waals surface area contributed by atoms with Crippen LogP contribution in [-0.4, -0.2) is 45.4 Å². The summed E-state index contributed by atoms with van der Waals surface area (Å²) in [6, 6.07) is 0.0567. The average Bonchev–Trinajstić information content (AvgIpc) is 3.02. The van der Waals surface area contributed by atoms with Gasteiger partial charge in [-0.25, -0.2) is 9.97 Å². The van der Waals surface area contributed by atoms with E-state index in [1.165, 1.54) is 6.20 Å². The van der Waals surface area contributed by atoms with Crippen molar-refractivity contribution >= 4 is 11.5 Å². The molecule has 0 amide bonds. The summed E-state index contributed by atoms with van der Waals surface area (Å²) in [6.07, 6.45) is 6.12. The quantitative estimate of drug-likeness (QED) is 0.626. The van der Waals surface area contributed by atoms with Crippen LogP contribution in [0.4, 0.5) is 11.5 Å². The molecule has 0 bridgehead atoms. The van der Waals surface area contributed by atoms with Crippen molar-refractivity contribution in [1.82, 2.24) is 9.97 Å². The van der Waals surface area contributed by atoms with Crippen LogP contribution in [0.15, 0.2) is 6.20 Å². The Morgan fingerprint density at radius 1 is 1.35 bits per heavy atom. The third-order valence-corrected chi connectivity index (χ3v) is 4.57. The second kappa shape index (κ2) is 7.18. The zero-order valence-corrected chi connectivity index (χ0v) is 13.0. The fraction of sp³-hybridized carbons (Fsp3) is 0.733. The van der Waals surface area contributed by atoms with Crippen LogP contribution in [0.5, 0.6) is 0 Å². The van der Waals surface area contributed by atoms with E-state index in [-0.39, 0.29) is 23.7 Å². The SMILES string of the molecule is O=[N+]([O-])c1cnc(CC2CCC(O)CC2)nc1N[C@H]1CCOC1. The zero-order chi connectivity index (χ0) is 16.2. The number of hydrogen-bond donors (Lipinski definition) is 2. The molecule has 8 heteroatoms. The first kappa shape index (κ1) is 16.1. The van der Waals surface area contributed by atoms with Gasteiger partial charge in [0.25, 0.3) is 0 Å². The van der Waals surface area contributed by atoms with Crippen molar-refractivity contribution in [2.75, 3.05) is 18.5 Å². The predicted octanol–water partition coefficient (Wildman–Crippen LogP) is 1.68.